The van der Waals surface area contributed by atoms with E-state index >= 15 is 0 Å². The Morgan fingerprint density at radius 1 is 1.37 bits per heavy atom. The van der Waals surface area contributed by atoms with Crippen LogP contribution in [0.2, 0.25) is 0 Å². The molecule has 0 aliphatic heterocycles. The summed E-state index contributed by atoms with van der Waals surface area (Å²) in [6.07, 6.45) is 1.41. The maximum Gasteiger partial charge on any atom is 0.275 e. The summed E-state index contributed by atoms with van der Waals surface area (Å²) in [5.41, 5.74) is 2.83. The molecule has 1 heterocycles. The van der Waals surface area contributed by atoms with Crippen LogP contribution in [0.25, 0.3) is 0 Å². The van der Waals surface area contributed by atoms with E-state index in [-0.39, 0.29) is 5.91 Å². The summed E-state index contributed by atoms with van der Waals surface area (Å²) in [6.45, 7) is 0. The normalized spacial score (nSPS) is 10.6. The number of nitrogens with zero attached hydrogens (tertiary/aromatic N) is 1. The first-order valence-electron chi connectivity index (χ1n) is 5.42. The number of hydrogen-bond acceptors (Lipinski definition) is 4. The van der Waals surface area contributed by atoms with Gasteiger partial charge in [0, 0.05) is 0 Å². The van der Waals surface area contributed by atoms with Crippen molar-refractivity contribution in [2.24, 2.45) is 5.10 Å². The molecule has 6 heteroatoms. The predicted octanol–water partition coefficient (Wildman–Crippen LogP) is 2.81. The van der Waals surface area contributed by atoms with Gasteiger partial charge in [0.1, 0.15) is 11.5 Å². The molecule has 0 aliphatic carbocycles. The number of hydrazone groups is 1. The van der Waals surface area contributed by atoms with E-state index in [1.54, 1.807) is 36.4 Å². The third kappa shape index (κ3) is 3.45. The maximum atomic E-state index is 11.9. The average Bonchev–Trinajstić information content (AvgIpc) is 2.84. The molecular weight excluding hydrogens is 312 g/mol. The summed E-state index contributed by atoms with van der Waals surface area (Å²) in [4.78, 5) is 11.9. The molecule has 5 nitrogen and oxygen atoms in total. The molecule has 0 fully saturated rings. The zero-order valence-corrected chi connectivity index (χ0v) is 11.7. The van der Waals surface area contributed by atoms with Gasteiger partial charge in [-0.2, -0.15) is 5.10 Å². The van der Waals surface area contributed by atoms with Crippen LogP contribution in [-0.2, 0) is 0 Å². The fourth-order valence-electron chi connectivity index (χ4n) is 1.44. The minimum absolute atomic E-state index is 0.348. The van der Waals surface area contributed by atoms with Gasteiger partial charge in [0.05, 0.1) is 18.9 Å². The second kappa shape index (κ2) is 6.19. The highest BCUT2D eigenvalue weighted by Gasteiger charge is 2.09. The van der Waals surface area contributed by atoms with Crippen LogP contribution in [0.4, 0.5) is 0 Å². The number of hydrogen-bond donors (Lipinski definition) is 1. The monoisotopic (exact) mass is 322 g/mol. The van der Waals surface area contributed by atoms with Gasteiger partial charge in [-0.25, -0.2) is 5.43 Å². The van der Waals surface area contributed by atoms with Crippen LogP contribution in [0.15, 0.2) is 50.6 Å². The summed E-state index contributed by atoms with van der Waals surface area (Å²) < 4.78 is 10.9. The van der Waals surface area contributed by atoms with Gasteiger partial charge in [-0.1, -0.05) is 12.1 Å². The highest BCUT2D eigenvalue weighted by molar-refractivity contribution is 9.10. The Labute approximate surface area is 118 Å². The number of carbonyl (C=O) groups excluding carboxylic acids is 1. The number of methoxy groups -OCH3 is 1. The molecule has 0 aliphatic rings. The van der Waals surface area contributed by atoms with Crippen molar-refractivity contribution < 1.29 is 13.9 Å². The number of nitrogens with one attached hydrogen (secondary N) is 1. The molecule has 1 aromatic heterocycles. The molecule has 0 bridgehead atoms. The minimum atomic E-state index is -0.348. The topological polar surface area (TPSA) is 63.8 Å². The quantitative estimate of drug-likeness (QED) is 0.695. The zero-order chi connectivity index (χ0) is 13.7. The van der Waals surface area contributed by atoms with Crippen molar-refractivity contribution in [3.05, 3.63) is 52.4 Å². The molecule has 1 N–H and O–H groups in total. The molecule has 2 rings (SSSR count). The van der Waals surface area contributed by atoms with Gasteiger partial charge < -0.3 is 9.15 Å². The molecule has 0 spiro atoms. The van der Waals surface area contributed by atoms with Crippen molar-refractivity contribution in [2.75, 3.05) is 7.11 Å². The standard InChI is InChI=1S/C13H11BrN2O3/c1-18-11-5-3-2-4-10(11)13(17)16-15-8-9-6-7-12(14)19-9/h2-8H,1H3,(H,16,17)/b15-8-. The van der Waals surface area contributed by atoms with Crippen LogP contribution >= 0.6 is 15.9 Å². The number of benzene rings is 1. The number of halogens is 1. The van der Waals surface area contributed by atoms with Gasteiger partial charge in [-0.15, -0.1) is 0 Å². The van der Waals surface area contributed by atoms with E-state index in [4.69, 9.17) is 9.15 Å². The average molecular weight is 323 g/mol. The van der Waals surface area contributed by atoms with Crippen molar-refractivity contribution in [2.45, 2.75) is 0 Å². The van der Waals surface area contributed by atoms with Crippen molar-refractivity contribution in [1.29, 1.82) is 0 Å². The molecule has 0 saturated carbocycles. The van der Waals surface area contributed by atoms with Crippen LogP contribution in [0, 0.1) is 0 Å². The molecule has 1 amide bonds. The van der Waals surface area contributed by atoms with Gasteiger partial charge in [0.25, 0.3) is 5.91 Å². The number of amides is 1. The molecule has 0 radical (unpaired) electrons. The third-order valence-corrected chi connectivity index (χ3v) is 2.73. The van der Waals surface area contributed by atoms with Crippen LogP contribution in [0.1, 0.15) is 16.1 Å². The smallest absolute Gasteiger partial charge is 0.275 e. The second-order valence-corrected chi connectivity index (χ2v) is 4.32. The van der Waals surface area contributed by atoms with Crippen LogP contribution in [0.3, 0.4) is 0 Å². The molecule has 0 unspecified atom stereocenters. The second-order valence-electron chi connectivity index (χ2n) is 3.54. The van der Waals surface area contributed by atoms with Gasteiger partial charge in [0.15, 0.2) is 4.67 Å². The first kappa shape index (κ1) is 13.4. The summed E-state index contributed by atoms with van der Waals surface area (Å²) >= 11 is 3.18. The summed E-state index contributed by atoms with van der Waals surface area (Å²) in [6, 6.07) is 10.4. The Hall–Kier alpha value is -2.08. The van der Waals surface area contributed by atoms with E-state index < -0.39 is 0 Å². The highest BCUT2D eigenvalue weighted by atomic mass is 79.9. The first-order valence-corrected chi connectivity index (χ1v) is 6.22. The van der Waals surface area contributed by atoms with Gasteiger partial charge >= 0.3 is 0 Å². The van der Waals surface area contributed by atoms with Gasteiger partial charge in [-0.05, 0) is 40.2 Å². The van der Waals surface area contributed by atoms with E-state index in [0.29, 0.717) is 21.7 Å². The van der Waals surface area contributed by atoms with E-state index in [0.717, 1.165) is 0 Å². The van der Waals surface area contributed by atoms with Crippen molar-refractivity contribution >= 4 is 28.1 Å². The summed E-state index contributed by atoms with van der Waals surface area (Å²) in [5, 5.41) is 3.81. The third-order valence-electron chi connectivity index (χ3n) is 2.30. The number of ether oxygens (including phenoxy) is 1. The van der Waals surface area contributed by atoms with Crippen LogP contribution < -0.4 is 10.2 Å². The molecule has 0 saturated heterocycles. The van der Waals surface area contributed by atoms with E-state index in [9.17, 15) is 4.79 Å². The largest absolute Gasteiger partial charge is 0.496 e. The van der Waals surface area contributed by atoms with Gasteiger partial charge in [0.2, 0.25) is 0 Å². The lowest BCUT2D eigenvalue weighted by molar-refractivity contribution is 0.0952. The molecule has 19 heavy (non-hydrogen) atoms. The minimum Gasteiger partial charge on any atom is -0.496 e. The van der Waals surface area contributed by atoms with E-state index in [1.807, 2.05) is 0 Å². The fourth-order valence-corrected chi connectivity index (χ4v) is 1.76. The Morgan fingerprint density at radius 3 is 2.84 bits per heavy atom. The first-order chi connectivity index (χ1) is 9.20. The zero-order valence-electron chi connectivity index (χ0n) is 10.1. The number of para-hydroxylation sites is 1. The Morgan fingerprint density at radius 2 is 2.16 bits per heavy atom. The van der Waals surface area contributed by atoms with Crippen LogP contribution in [-0.4, -0.2) is 19.2 Å². The lowest BCUT2D eigenvalue weighted by atomic mass is 10.2. The molecule has 98 valence electrons. The highest BCUT2D eigenvalue weighted by Crippen LogP contribution is 2.16. The maximum absolute atomic E-state index is 11.9. The van der Waals surface area contributed by atoms with Crippen molar-refractivity contribution in [3.63, 3.8) is 0 Å². The Bertz CT molecular complexity index is 607. The van der Waals surface area contributed by atoms with Crippen molar-refractivity contribution in [1.82, 2.24) is 5.43 Å². The number of furan rings is 1. The SMILES string of the molecule is COc1ccccc1C(=O)N/N=C\c1ccc(Br)o1. The Kier molecular flexibility index (Phi) is 4.35. The van der Waals surface area contributed by atoms with E-state index in [1.165, 1.54) is 13.3 Å². The fraction of sp³-hybridized carbons (Fsp3) is 0.0769. The summed E-state index contributed by atoms with van der Waals surface area (Å²) in [5.74, 6) is 0.683. The van der Waals surface area contributed by atoms with E-state index in [2.05, 4.69) is 26.5 Å². The molecule has 1 aromatic carbocycles. The molecular formula is C13H11BrN2O3. The number of carbonyl (C=O) groups is 1. The van der Waals surface area contributed by atoms with Gasteiger partial charge in [-0.3, -0.25) is 4.79 Å². The number of rotatable bonds is 4. The Balaban J connectivity index is 2.03. The lowest BCUT2D eigenvalue weighted by Crippen LogP contribution is -2.18. The lowest BCUT2D eigenvalue weighted by Gasteiger charge is -2.05. The molecule has 0 atom stereocenters. The summed E-state index contributed by atoms with van der Waals surface area (Å²) in [7, 11) is 1.51. The van der Waals surface area contributed by atoms with Crippen molar-refractivity contribution in [3.8, 4) is 5.75 Å². The molecule has 2 aromatic rings. The van der Waals surface area contributed by atoms with Crippen LogP contribution in [0.5, 0.6) is 5.75 Å². The predicted molar refractivity (Wildman–Crippen MR) is 74.5 cm³/mol.